The van der Waals surface area contributed by atoms with Gasteiger partial charge >= 0.3 is 0 Å². The molecule has 0 bridgehead atoms. The van der Waals surface area contributed by atoms with Gasteiger partial charge in [-0.15, -0.1) is 0 Å². The topological polar surface area (TPSA) is 41.8 Å². The normalized spacial score (nSPS) is 10.3. The number of furan rings is 1. The number of rotatable bonds is 1. The Bertz CT molecular complexity index is 335. The highest BCUT2D eigenvalue weighted by Crippen LogP contribution is 2.16. The van der Waals surface area contributed by atoms with Crippen molar-refractivity contribution in [1.29, 1.82) is 0 Å². The third-order valence-electron chi connectivity index (χ3n) is 1.48. The minimum atomic E-state index is 0.800. The van der Waals surface area contributed by atoms with Crippen LogP contribution in [-0.4, -0.2) is 9.97 Å². The molecule has 0 saturated carbocycles. The molecule has 0 aliphatic rings. The van der Waals surface area contributed by atoms with Crippen molar-refractivity contribution in [3.63, 3.8) is 0 Å². The minimum Gasteiger partial charge on any atom is -0.463 e. The van der Waals surface area contributed by atoms with Gasteiger partial charge in [0.15, 0.2) is 5.76 Å². The van der Waals surface area contributed by atoms with Crippen molar-refractivity contribution < 1.29 is 4.42 Å². The fourth-order valence-corrected chi connectivity index (χ4v) is 0.969. The summed E-state index contributed by atoms with van der Waals surface area (Å²) in [7, 11) is 0. The molecule has 3 nitrogen and oxygen atoms in total. The molecule has 2 heterocycles. The summed E-state index contributed by atoms with van der Waals surface area (Å²) in [4.78, 5) is 7.19. The number of hydrogen-bond acceptors (Lipinski definition) is 2. The summed E-state index contributed by atoms with van der Waals surface area (Å²) >= 11 is 0. The first-order chi connectivity index (χ1) is 5.36. The molecule has 0 fully saturated rings. The molecule has 0 atom stereocenters. The third kappa shape index (κ3) is 1.05. The average Bonchev–Trinajstić information content (AvgIpc) is 2.55. The van der Waals surface area contributed by atoms with Crippen LogP contribution in [0.1, 0.15) is 5.82 Å². The maximum Gasteiger partial charge on any atom is 0.153 e. The molecule has 56 valence electrons. The van der Waals surface area contributed by atoms with Crippen molar-refractivity contribution in [3.05, 3.63) is 30.4 Å². The van der Waals surface area contributed by atoms with E-state index in [0.29, 0.717) is 0 Å². The maximum atomic E-state index is 5.15. The lowest BCUT2D eigenvalue weighted by Gasteiger charge is -1.84. The predicted octanol–water partition coefficient (Wildman–Crippen LogP) is 1.98. The monoisotopic (exact) mass is 148 g/mol. The molecular formula is C8H8N2O. The Morgan fingerprint density at radius 1 is 1.55 bits per heavy atom. The fourth-order valence-electron chi connectivity index (χ4n) is 0.969. The summed E-state index contributed by atoms with van der Waals surface area (Å²) in [6.07, 6.45) is 3.47. The van der Waals surface area contributed by atoms with Crippen LogP contribution < -0.4 is 0 Å². The Kier molecular flexibility index (Phi) is 1.28. The highest BCUT2D eigenvalue weighted by atomic mass is 16.3. The summed E-state index contributed by atoms with van der Waals surface area (Å²) in [6.45, 7) is 1.91. The summed E-state index contributed by atoms with van der Waals surface area (Å²) < 4.78 is 5.15. The van der Waals surface area contributed by atoms with Crippen molar-refractivity contribution in [3.8, 4) is 11.5 Å². The second-order valence-corrected chi connectivity index (χ2v) is 2.35. The van der Waals surface area contributed by atoms with Crippen molar-refractivity contribution >= 4 is 0 Å². The van der Waals surface area contributed by atoms with E-state index in [2.05, 4.69) is 9.97 Å². The van der Waals surface area contributed by atoms with Crippen LogP contribution in [-0.2, 0) is 0 Å². The number of aryl methyl sites for hydroxylation is 1. The first-order valence-electron chi connectivity index (χ1n) is 3.42. The van der Waals surface area contributed by atoms with Gasteiger partial charge in [0.2, 0.25) is 0 Å². The van der Waals surface area contributed by atoms with Crippen LogP contribution in [0.25, 0.3) is 11.5 Å². The molecule has 0 aromatic carbocycles. The molecule has 0 amide bonds. The number of H-pyrrole nitrogens is 1. The summed E-state index contributed by atoms with van der Waals surface area (Å²) in [5.74, 6) is 1.70. The van der Waals surface area contributed by atoms with Crippen LogP contribution in [0.5, 0.6) is 0 Å². The molecule has 0 unspecified atom stereocenters. The smallest absolute Gasteiger partial charge is 0.153 e. The molecule has 0 aliphatic carbocycles. The van der Waals surface area contributed by atoms with Gasteiger partial charge in [0, 0.05) is 6.20 Å². The van der Waals surface area contributed by atoms with Gasteiger partial charge in [0.25, 0.3) is 0 Å². The minimum absolute atomic E-state index is 0.800. The SMILES string of the molecule is Cc1nc(-c2ccco2)c[nH]1. The van der Waals surface area contributed by atoms with E-state index in [4.69, 9.17) is 4.42 Å². The zero-order chi connectivity index (χ0) is 7.68. The maximum absolute atomic E-state index is 5.15. The first-order valence-corrected chi connectivity index (χ1v) is 3.42. The molecular weight excluding hydrogens is 140 g/mol. The summed E-state index contributed by atoms with van der Waals surface area (Å²) in [6, 6.07) is 3.73. The highest BCUT2D eigenvalue weighted by molar-refractivity contribution is 5.50. The Morgan fingerprint density at radius 2 is 2.45 bits per heavy atom. The van der Waals surface area contributed by atoms with E-state index in [1.807, 2.05) is 25.3 Å². The quantitative estimate of drug-likeness (QED) is 0.671. The zero-order valence-corrected chi connectivity index (χ0v) is 6.16. The average molecular weight is 148 g/mol. The lowest BCUT2D eigenvalue weighted by molar-refractivity contribution is 0.580. The van der Waals surface area contributed by atoms with Gasteiger partial charge < -0.3 is 9.40 Å². The number of imidazole rings is 1. The standard InChI is InChI=1S/C8H8N2O/c1-6-9-5-7(10-6)8-3-2-4-11-8/h2-5H,1H3,(H,9,10). The Hall–Kier alpha value is -1.51. The second-order valence-electron chi connectivity index (χ2n) is 2.35. The lowest BCUT2D eigenvalue weighted by Crippen LogP contribution is -1.72. The fraction of sp³-hybridized carbons (Fsp3) is 0.125. The van der Waals surface area contributed by atoms with Gasteiger partial charge in [-0.2, -0.15) is 0 Å². The Labute approximate surface area is 64.1 Å². The van der Waals surface area contributed by atoms with E-state index < -0.39 is 0 Å². The van der Waals surface area contributed by atoms with E-state index in [9.17, 15) is 0 Å². The van der Waals surface area contributed by atoms with E-state index in [1.165, 1.54) is 0 Å². The predicted molar refractivity (Wildman–Crippen MR) is 41.0 cm³/mol. The van der Waals surface area contributed by atoms with Crippen molar-refractivity contribution in [2.45, 2.75) is 6.92 Å². The molecule has 3 heteroatoms. The molecule has 0 spiro atoms. The first kappa shape index (κ1) is 6.22. The van der Waals surface area contributed by atoms with E-state index in [0.717, 1.165) is 17.3 Å². The molecule has 2 aromatic heterocycles. The molecule has 0 saturated heterocycles. The number of hydrogen-bond donors (Lipinski definition) is 1. The van der Waals surface area contributed by atoms with Crippen LogP contribution in [0.3, 0.4) is 0 Å². The van der Waals surface area contributed by atoms with Gasteiger partial charge in [-0.1, -0.05) is 0 Å². The van der Waals surface area contributed by atoms with Crippen LogP contribution in [0.4, 0.5) is 0 Å². The third-order valence-corrected chi connectivity index (χ3v) is 1.48. The van der Waals surface area contributed by atoms with Crippen LogP contribution in [0.15, 0.2) is 29.0 Å². The number of nitrogens with zero attached hydrogens (tertiary/aromatic N) is 1. The number of aromatic amines is 1. The van der Waals surface area contributed by atoms with Crippen LogP contribution in [0, 0.1) is 6.92 Å². The number of nitrogens with one attached hydrogen (secondary N) is 1. The molecule has 1 N–H and O–H groups in total. The Balaban J connectivity index is 2.45. The molecule has 2 aromatic rings. The summed E-state index contributed by atoms with van der Waals surface area (Å²) in [5.41, 5.74) is 0.854. The largest absolute Gasteiger partial charge is 0.463 e. The van der Waals surface area contributed by atoms with Crippen molar-refractivity contribution in [1.82, 2.24) is 9.97 Å². The van der Waals surface area contributed by atoms with E-state index in [-0.39, 0.29) is 0 Å². The summed E-state index contributed by atoms with van der Waals surface area (Å²) in [5, 5.41) is 0. The zero-order valence-electron chi connectivity index (χ0n) is 6.16. The molecule has 11 heavy (non-hydrogen) atoms. The molecule has 0 radical (unpaired) electrons. The highest BCUT2D eigenvalue weighted by Gasteiger charge is 2.02. The van der Waals surface area contributed by atoms with Gasteiger partial charge in [-0.3, -0.25) is 0 Å². The lowest BCUT2D eigenvalue weighted by atomic mass is 10.4. The second kappa shape index (κ2) is 2.27. The van der Waals surface area contributed by atoms with E-state index >= 15 is 0 Å². The van der Waals surface area contributed by atoms with Crippen LogP contribution >= 0.6 is 0 Å². The number of aromatic nitrogens is 2. The van der Waals surface area contributed by atoms with Crippen LogP contribution in [0.2, 0.25) is 0 Å². The van der Waals surface area contributed by atoms with Gasteiger partial charge in [-0.25, -0.2) is 4.98 Å². The molecule has 2 rings (SSSR count). The van der Waals surface area contributed by atoms with Crippen molar-refractivity contribution in [2.75, 3.05) is 0 Å². The van der Waals surface area contributed by atoms with Crippen molar-refractivity contribution in [2.24, 2.45) is 0 Å². The van der Waals surface area contributed by atoms with Gasteiger partial charge in [0.05, 0.1) is 6.26 Å². The molecule has 0 aliphatic heterocycles. The van der Waals surface area contributed by atoms with E-state index in [1.54, 1.807) is 6.26 Å². The van der Waals surface area contributed by atoms with Gasteiger partial charge in [-0.05, 0) is 19.1 Å². The Morgan fingerprint density at radius 3 is 3.00 bits per heavy atom. The van der Waals surface area contributed by atoms with Gasteiger partial charge in [0.1, 0.15) is 11.5 Å².